The van der Waals surface area contributed by atoms with E-state index in [2.05, 4.69) is 13.8 Å². The Morgan fingerprint density at radius 2 is 1.78 bits per heavy atom. The lowest BCUT2D eigenvalue weighted by Gasteiger charge is -2.35. The summed E-state index contributed by atoms with van der Waals surface area (Å²) < 4.78 is -0.900. The number of carboxylic acids is 1. The molecule has 104 valence electrons. The molecule has 1 saturated heterocycles. The molecule has 1 aliphatic heterocycles. The third-order valence-corrected chi connectivity index (χ3v) is 4.58. The fourth-order valence-corrected chi connectivity index (χ4v) is 3.05. The second-order valence-electron chi connectivity index (χ2n) is 5.85. The first-order valence-electron chi connectivity index (χ1n) is 6.37. The summed E-state index contributed by atoms with van der Waals surface area (Å²) in [7, 11) is 0. The average Bonchev–Trinajstić information content (AvgIpc) is 2.24. The highest BCUT2D eigenvalue weighted by Crippen LogP contribution is 2.26. The third-order valence-electron chi connectivity index (χ3n) is 3.29. The largest absolute Gasteiger partial charge is 0.480 e. The highest BCUT2D eigenvalue weighted by Gasteiger charge is 2.31. The molecule has 0 saturated carbocycles. The van der Waals surface area contributed by atoms with Crippen molar-refractivity contribution in [2.24, 2.45) is 11.8 Å². The number of piperidine rings is 1. The van der Waals surface area contributed by atoms with Crippen molar-refractivity contribution in [1.82, 2.24) is 4.90 Å². The van der Waals surface area contributed by atoms with Gasteiger partial charge in [-0.3, -0.25) is 9.59 Å². The molecule has 2 atom stereocenters. The molecule has 1 heterocycles. The van der Waals surface area contributed by atoms with Gasteiger partial charge in [0.2, 0.25) is 5.91 Å². The van der Waals surface area contributed by atoms with E-state index in [4.69, 9.17) is 5.11 Å². The summed E-state index contributed by atoms with van der Waals surface area (Å²) in [6.07, 6.45) is 1.16. The molecule has 1 amide bonds. The van der Waals surface area contributed by atoms with Gasteiger partial charge in [0.1, 0.15) is 4.75 Å². The van der Waals surface area contributed by atoms with Crippen molar-refractivity contribution in [3.05, 3.63) is 0 Å². The van der Waals surface area contributed by atoms with Crippen LogP contribution in [0.3, 0.4) is 0 Å². The van der Waals surface area contributed by atoms with E-state index >= 15 is 0 Å². The van der Waals surface area contributed by atoms with Crippen molar-refractivity contribution in [3.63, 3.8) is 0 Å². The summed E-state index contributed by atoms with van der Waals surface area (Å²) in [6.45, 7) is 9.19. The smallest absolute Gasteiger partial charge is 0.319 e. The van der Waals surface area contributed by atoms with Crippen molar-refractivity contribution in [3.8, 4) is 0 Å². The second-order valence-corrected chi connectivity index (χ2v) is 7.45. The van der Waals surface area contributed by atoms with Gasteiger partial charge in [-0.2, -0.15) is 0 Å². The standard InChI is InChI=1S/C13H23NO3S/c1-9-5-10(2)7-14(6-9)11(15)8-18-13(3,4)12(16)17/h9-10H,5-8H2,1-4H3,(H,16,17). The SMILES string of the molecule is CC1CC(C)CN(C(=O)CSC(C)(C)C(=O)O)C1. The van der Waals surface area contributed by atoms with E-state index in [9.17, 15) is 9.59 Å². The highest BCUT2D eigenvalue weighted by atomic mass is 32.2. The lowest BCUT2D eigenvalue weighted by Crippen LogP contribution is -2.44. The first kappa shape index (κ1) is 15.3. The van der Waals surface area contributed by atoms with Crippen LogP contribution in [0.25, 0.3) is 0 Å². The van der Waals surface area contributed by atoms with E-state index < -0.39 is 10.7 Å². The van der Waals surface area contributed by atoms with Crippen LogP contribution in [0.2, 0.25) is 0 Å². The van der Waals surface area contributed by atoms with Gasteiger partial charge in [-0.1, -0.05) is 13.8 Å². The van der Waals surface area contributed by atoms with Gasteiger partial charge in [0.15, 0.2) is 0 Å². The van der Waals surface area contributed by atoms with E-state index in [0.717, 1.165) is 19.5 Å². The monoisotopic (exact) mass is 273 g/mol. The molecule has 4 nitrogen and oxygen atoms in total. The van der Waals surface area contributed by atoms with Crippen LogP contribution in [0.4, 0.5) is 0 Å². The molecular formula is C13H23NO3S. The van der Waals surface area contributed by atoms with E-state index in [1.807, 2.05) is 4.90 Å². The summed E-state index contributed by atoms with van der Waals surface area (Å²) in [5.74, 6) is 0.512. The predicted molar refractivity (Wildman–Crippen MR) is 73.7 cm³/mol. The minimum Gasteiger partial charge on any atom is -0.480 e. The number of carboxylic acid groups (broad SMARTS) is 1. The minimum absolute atomic E-state index is 0.0627. The lowest BCUT2D eigenvalue weighted by molar-refractivity contribution is -0.138. The number of hydrogen-bond donors (Lipinski definition) is 1. The molecule has 1 rings (SSSR count). The molecule has 0 radical (unpaired) electrons. The molecule has 1 aliphatic rings. The number of likely N-dealkylation sites (tertiary alicyclic amines) is 1. The van der Waals surface area contributed by atoms with Crippen molar-refractivity contribution in [1.29, 1.82) is 0 Å². The summed E-state index contributed by atoms with van der Waals surface area (Å²) in [5, 5.41) is 9.00. The molecule has 1 fully saturated rings. The number of hydrogen-bond acceptors (Lipinski definition) is 3. The fourth-order valence-electron chi connectivity index (χ4n) is 2.26. The van der Waals surface area contributed by atoms with Gasteiger partial charge in [0.25, 0.3) is 0 Å². The molecule has 0 bridgehead atoms. The zero-order valence-electron chi connectivity index (χ0n) is 11.6. The van der Waals surface area contributed by atoms with Gasteiger partial charge in [-0.25, -0.2) is 0 Å². The Kier molecular flexibility index (Phi) is 5.08. The quantitative estimate of drug-likeness (QED) is 0.852. The van der Waals surface area contributed by atoms with E-state index in [1.165, 1.54) is 11.8 Å². The van der Waals surface area contributed by atoms with E-state index in [0.29, 0.717) is 11.8 Å². The number of aliphatic carboxylic acids is 1. The molecule has 5 heteroatoms. The Bertz CT molecular complexity index is 320. The second kappa shape index (κ2) is 5.95. The number of nitrogens with zero attached hydrogens (tertiary/aromatic N) is 1. The van der Waals surface area contributed by atoms with Crippen LogP contribution in [0.5, 0.6) is 0 Å². The lowest BCUT2D eigenvalue weighted by atomic mass is 9.92. The van der Waals surface area contributed by atoms with E-state index in [-0.39, 0.29) is 11.7 Å². The van der Waals surface area contributed by atoms with Crippen LogP contribution in [0.15, 0.2) is 0 Å². The predicted octanol–water partition coefficient (Wildman–Crippen LogP) is 2.09. The van der Waals surface area contributed by atoms with Gasteiger partial charge >= 0.3 is 5.97 Å². The highest BCUT2D eigenvalue weighted by molar-refractivity contribution is 8.01. The molecule has 0 spiro atoms. The van der Waals surface area contributed by atoms with Gasteiger partial charge in [0, 0.05) is 13.1 Å². The maximum atomic E-state index is 12.1. The molecule has 0 aromatic rings. The van der Waals surface area contributed by atoms with Crippen molar-refractivity contribution in [2.45, 2.75) is 38.9 Å². The van der Waals surface area contributed by atoms with Crippen LogP contribution >= 0.6 is 11.8 Å². The van der Waals surface area contributed by atoms with Gasteiger partial charge in [-0.05, 0) is 32.1 Å². The minimum atomic E-state index is -0.900. The number of thioether (sulfide) groups is 1. The molecule has 0 aliphatic carbocycles. The average molecular weight is 273 g/mol. The first-order valence-corrected chi connectivity index (χ1v) is 7.36. The molecule has 0 aromatic heterocycles. The summed E-state index contributed by atoms with van der Waals surface area (Å²) in [6, 6.07) is 0. The Labute approximate surface area is 113 Å². The molecular weight excluding hydrogens is 250 g/mol. The molecule has 0 aromatic carbocycles. The zero-order valence-corrected chi connectivity index (χ0v) is 12.4. The number of rotatable bonds is 4. The summed E-state index contributed by atoms with van der Waals surface area (Å²) in [4.78, 5) is 24.9. The third kappa shape index (κ3) is 4.19. The fraction of sp³-hybridized carbons (Fsp3) is 0.846. The number of carbonyl (C=O) groups excluding carboxylic acids is 1. The Morgan fingerprint density at radius 1 is 1.28 bits per heavy atom. The van der Waals surface area contributed by atoms with Gasteiger partial charge in [0.05, 0.1) is 5.75 Å². The van der Waals surface area contributed by atoms with Crippen molar-refractivity contribution < 1.29 is 14.7 Å². The van der Waals surface area contributed by atoms with Crippen LogP contribution in [-0.2, 0) is 9.59 Å². The number of amides is 1. The van der Waals surface area contributed by atoms with Gasteiger partial charge in [-0.15, -0.1) is 11.8 Å². The van der Waals surface area contributed by atoms with Gasteiger partial charge < -0.3 is 10.0 Å². The van der Waals surface area contributed by atoms with Crippen LogP contribution in [0, 0.1) is 11.8 Å². The van der Waals surface area contributed by atoms with Crippen LogP contribution < -0.4 is 0 Å². The Balaban J connectivity index is 2.48. The topological polar surface area (TPSA) is 57.6 Å². The van der Waals surface area contributed by atoms with Crippen molar-refractivity contribution in [2.75, 3.05) is 18.8 Å². The molecule has 18 heavy (non-hydrogen) atoms. The summed E-state index contributed by atoms with van der Waals surface area (Å²) in [5.41, 5.74) is 0. The Morgan fingerprint density at radius 3 is 2.22 bits per heavy atom. The molecule has 2 unspecified atom stereocenters. The zero-order chi connectivity index (χ0) is 13.9. The number of carbonyl (C=O) groups is 2. The first-order chi connectivity index (χ1) is 8.22. The normalized spacial score (nSPS) is 25.0. The van der Waals surface area contributed by atoms with Crippen molar-refractivity contribution >= 4 is 23.6 Å². The van der Waals surface area contributed by atoms with Crippen LogP contribution in [0.1, 0.15) is 34.1 Å². The Hall–Kier alpha value is -0.710. The maximum Gasteiger partial charge on any atom is 0.319 e. The maximum absolute atomic E-state index is 12.1. The summed E-state index contributed by atoms with van der Waals surface area (Å²) >= 11 is 1.20. The van der Waals surface area contributed by atoms with E-state index in [1.54, 1.807) is 13.8 Å². The van der Waals surface area contributed by atoms with Crippen LogP contribution in [-0.4, -0.2) is 45.5 Å². The molecule has 1 N–H and O–H groups in total.